The fourth-order valence-corrected chi connectivity index (χ4v) is 3.26. The normalized spacial score (nSPS) is 11.0. The number of hydrogen-bond acceptors (Lipinski definition) is 3. The maximum Gasteiger partial charge on any atom is 0.246 e. The molecule has 27 heavy (non-hydrogen) atoms. The summed E-state index contributed by atoms with van der Waals surface area (Å²) in [5.41, 5.74) is 3.76. The van der Waals surface area contributed by atoms with Crippen molar-refractivity contribution in [3.05, 3.63) is 62.4 Å². The van der Waals surface area contributed by atoms with Crippen LogP contribution in [-0.4, -0.2) is 25.5 Å². The number of halogens is 3. The average molecular weight is 455 g/mol. The molecule has 1 aromatic carbocycles. The summed E-state index contributed by atoms with van der Waals surface area (Å²) in [7, 11) is 0. The fraction of sp³-hybridized carbons (Fsp3) is 0.278. The van der Waals surface area contributed by atoms with E-state index < -0.39 is 0 Å². The van der Waals surface area contributed by atoms with Crippen LogP contribution >= 0.6 is 27.5 Å². The fourth-order valence-electron chi connectivity index (χ4n) is 2.74. The number of aromatic nitrogens is 4. The lowest BCUT2D eigenvalue weighted by molar-refractivity contribution is -0.116. The van der Waals surface area contributed by atoms with Crippen molar-refractivity contribution in [2.75, 3.05) is 5.32 Å². The number of amides is 1. The van der Waals surface area contributed by atoms with Gasteiger partial charge in [0.25, 0.3) is 0 Å². The van der Waals surface area contributed by atoms with Crippen molar-refractivity contribution in [1.82, 2.24) is 19.6 Å². The van der Waals surface area contributed by atoms with Gasteiger partial charge in [-0.2, -0.15) is 10.2 Å². The lowest BCUT2D eigenvalue weighted by atomic mass is 10.2. The number of aryl methyl sites for hydroxylation is 1. The van der Waals surface area contributed by atoms with Gasteiger partial charge in [0, 0.05) is 5.02 Å². The van der Waals surface area contributed by atoms with Crippen molar-refractivity contribution < 1.29 is 9.18 Å². The minimum Gasteiger partial charge on any atom is -0.321 e. The van der Waals surface area contributed by atoms with Crippen LogP contribution in [0.15, 0.2) is 28.9 Å². The van der Waals surface area contributed by atoms with Gasteiger partial charge in [-0.3, -0.25) is 14.2 Å². The predicted molar refractivity (Wildman–Crippen MR) is 106 cm³/mol. The lowest BCUT2D eigenvalue weighted by Gasteiger charge is -2.09. The molecular weight excluding hydrogens is 437 g/mol. The predicted octanol–water partition coefficient (Wildman–Crippen LogP) is 4.25. The third-order valence-electron chi connectivity index (χ3n) is 4.32. The van der Waals surface area contributed by atoms with E-state index in [0.29, 0.717) is 22.9 Å². The minimum atomic E-state index is -0.384. The smallest absolute Gasteiger partial charge is 0.246 e. The molecule has 0 aliphatic heterocycles. The SMILES string of the molecule is Cc1nn(Cc2ccc(F)cc2Cl)c(C)c1NC(=O)Cn1ncc(Br)c1C. The quantitative estimate of drug-likeness (QED) is 0.627. The Kier molecular flexibility index (Phi) is 5.67. The molecule has 0 saturated carbocycles. The zero-order valence-corrected chi connectivity index (χ0v) is 17.4. The van der Waals surface area contributed by atoms with Gasteiger partial charge in [0.15, 0.2) is 0 Å². The van der Waals surface area contributed by atoms with Crippen LogP contribution in [0, 0.1) is 26.6 Å². The van der Waals surface area contributed by atoms with Gasteiger partial charge in [-0.1, -0.05) is 17.7 Å². The molecule has 0 bridgehead atoms. The van der Waals surface area contributed by atoms with Gasteiger partial charge in [-0.15, -0.1) is 0 Å². The first-order chi connectivity index (χ1) is 12.8. The summed E-state index contributed by atoms with van der Waals surface area (Å²) < 4.78 is 17.4. The maximum absolute atomic E-state index is 13.2. The molecule has 0 atom stereocenters. The molecule has 142 valence electrons. The van der Waals surface area contributed by atoms with Gasteiger partial charge in [0.2, 0.25) is 5.91 Å². The first-order valence-electron chi connectivity index (χ1n) is 8.22. The van der Waals surface area contributed by atoms with Gasteiger partial charge in [0.1, 0.15) is 12.4 Å². The molecule has 6 nitrogen and oxygen atoms in total. The highest BCUT2D eigenvalue weighted by Gasteiger charge is 2.16. The minimum absolute atomic E-state index is 0.102. The largest absolute Gasteiger partial charge is 0.321 e. The van der Waals surface area contributed by atoms with E-state index >= 15 is 0 Å². The van der Waals surface area contributed by atoms with Crippen LogP contribution in [0.3, 0.4) is 0 Å². The molecule has 9 heteroatoms. The third kappa shape index (κ3) is 4.22. The first-order valence-corrected chi connectivity index (χ1v) is 9.39. The van der Waals surface area contributed by atoms with Crippen LogP contribution in [-0.2, 0) is 17.9 Å². The van der Waals surface area contributed by atoms with Crippen molar-refractivity contribution in [1.29, 1.82) is 0 Å². The Hall–Kier alpha value is -2.19. The number of carbonyl (C=O) groups excluding carboxylic acids is 1. The Balaban J connectivity index is 1.77. The zero-order valence-electron chi connectivity index (χ0n) is 15.1. The summed E-state index contributed by atoms with van der Waals surface area (Å²) in [6.07, 6.45) is 1.66. The maximum atomic E-state index is 13.2. The second-order valence-electron chi connectivity index (χ2n) is 6.22. The van der Waals surface area contributed by atoms with Gasteiger partial charge in [-0.05, 0) is 54.4 Å². The summed E-state index contributed by atoms with van der Waals surface area (Å²) in [4.78, 5) is 12.4. The summed E-state index contributed by atoms with van der Waals surface area (Å²) in [5.74, 6) is -0.579. The summed E-state index contributed by atoms with van der Waals surface area (Å²) in [5, 5.41) is 11.9. The van der Waals surface area contributed by atoms with Gasteiger partial charge >= 0.3 is 0 Å². The number of hydrogen-bond donors (Lipinski definition) is 1. The lowest BCUT2D eigenvalue weighted by Crippen LogP contribution is -2.21. The molecule has 1 N–H and O–H groups in total. The van der Waals surface area contributed by atoms with E-state index in [9.17, 15) is 9.18 Å². The van der Waals surface area contributed by atoms with Crippen molar-refractivity contribution in [3.63, 3.8) is 0 Å². The molecule has 0 aliphatic carbocycles. The highest BCUT2D eigenvalue weighted by molar-refractivity contribution is 9.10. The van der Waals surface area contributed by atoms with E-state index in [1.807, 2.05) is 20.8 Å². The Morgan fingerprint density at radius 1 is 1.26 bits per heavy atom. The molecule has 1 amide bonds. The van der Waals surface area contributed by atoms with E-state index in [2.05, 4.69) is 31.4 Å². The van der Waals surface area contributed by atoms with E-state index in [0.717, 1.165) is 21.4 Å². The topological polar surface area (TPSA) is 64.7 Å². The van der Waals surface area contributed by atoms with Crippen molar-refractivity contribution >= 4 is 39.1 Å². The molecule has 0 saturated heterocycles. The Morgan fingerprint density at radius 3 is 2.63 bits per heavy atom. The van der Waals surface area contributed by atoms with Gasteiger partial charge < -0.3 is 5.32 Å². The molecule has 2 heterocycles. The standard InChI is InChI=1S/C18H18BrClFN5O/c1-10-18(23-17(27)9-25-11(2)15(19)7-22-25)12(3)26(24-10)8-13-4-5-14(21)6-16(13)20/h4-7H,8-9H2,1-3H3,(H,23,27). The van der Waals surface area contributed by atoms with Gasteiger partial charge in [-0.25, -0.2) is 4.39 Å². The van der Waals surface area contributed by atoms with E-state index in [1.165, 1.54) is 12.1 Å². The molecule has 3 rings (SSSR count). The number of nitrogens with one attached hydrogen (secondary N) is 1. The molecule has 0 spiro atoms. The zero-order chi connectivity index (χ0) is 19.7. The molecule has 2 aromatic heterocycles. The monoisotopic (exact) mass is 453 g/mol. The first kappa shape index (κ1) is 19.6. The van der Waals surface area contributed by atoms with Crippen molar-refractivity contribution in [3.8, 4) is 0 Å². The van der Waals surface area contributed by atoms with Gasteiger partial charge in [0.05, 0.1) is 40.0 Å². The molecule has 0 aliphatic rings. The number of rotatable bonds is 5. The van der Waals surface area contributed by atoms with Crippen LogP contribution in [0.1, 0.15) is 22.6 Å². The number of benzene rings is 1. The highest BCUT2D eigenvalue weighted by Crippen LogP contribution is 2.23. The second kappa shape index (κ2) is 7.82. The van der Waals surface area contributed by atoms with Crippen molar-refractivity contribution in [2.24, 2.45) is 0 Å². The van der Waals surface area contributed by atoms with Crippen LogP contribution in [0.2, 0.25) is 5.02 Å². The van der Waals surface area contributed by atoms with Crippen LogP contribution < -0.4 is 5.32 Å². The second-order valence-corrected chi connectivity index (χ2v) is 7.48. The third-order valence-corrected chi connectivity index (χ3v) is 5.45. The number of nitrogens with zero attached hydrogens (tertiary/aromatic N) is 4. The number of anilines is 1. The van der Waals surface area contributed by atoms with Crippen molar-refractivity contribution in [2.45, 2.75) is 33.9 Å². The molecular formula is C18H18BrClFN5O. The molecule has 0 radical (unpaired) electrons. The van der Waals surface area contributed by atoms with Crippen LogP contribution in [0.4, 0.5) is 10.1 Å². The summed E-state index contributed by atoms with van der Waals surface area (Å²) >= 11 is 9.48. The van der Waals surface area contributed by atoms with Crippen LogP contribution in [0.25, 0.3) is 0 Å². The molecule has 3 aromatic rings. The average Bonchev–Trinajstić information content (AvgIpc) is 3.05. The summed E-state index contributed by atoms with van der Waals surface area (Å²) in [6, 6.07) is 4.26. The van der Waals surface area contributed by atoms with E-state index in [-0.39, 0.29) is 18.3 Å². The van der Waals surface area contributed by atoms with E-state index in [1.54, 1.807) is 21.6 Å². The number of carbonyl (C=O) groups is 1. The molecule has 0 fully saturated rings. The molecule has 0 unspecified atom stereocenters. The van der Waals surface area contributed by atoms with Crippen LogP contribution in [0.5, 0.6) is 0 Å². The van der Waals surface area contributed by atoms with E-state index in [4.69, 9.17) is 11.6 Å². The Labute approximate surface area is 169 Å². The summed E-state index contributed by atoms with van der Waals surface area (Å²) in [6.45, 7) is 6.05. The Morgan fingerprint density at radius 2 is 2.00 bits per heavy atom. The Bertz CT molecular complexity index is 1010. The highest BCUT2D eigenvalue weighted by atomic mass is 79.9.